The molecule has 168 valence electrons. The van der Waals surface area contributed by atoms with Crippen molar-refractivity contribution < 1.29 is 14.6 Å². The number of nitrogens with zero attached hydrogens (tertiary/aromatic N) is 2. The molecule has 0 radical (unpaired) electrons. The Labute approximate surface area is 197 Å². The monoisotopic (exact) mass is 461 g/mol. The van der Waals surface area contributed by atoms with Gasteiger partial charge >= 0.3 is 0 Å². The number of halogens is 1. The predicted octanol–water partition coefficient (Wildman–Crippen LogP) is 5.24. The zero-order valence-corrected chi connectivity index (χ0v) is 19.1. The number of amides is 1. The van der Waals surface area contributed by atoms with Crippen molar-refractivity contribution in [3.63, 3.8) is 0 Å². The Morgan fingerprint density at radius 2 is 1.85 bits per heavy atom. The molecule has 0 aliphatic heterocycles. The first-order valence-corrected chi connectivity index (χ1v) is 10.8. The smallest absolute Gasteiger partial charge is 0.257 e. The minimum atomic E-state index is -1.35. The SMILES string of the molecule is COc1cc(NC(=O)C(O)c2cc(-c3ccccc3)n(Cc3ccc(Cl)cc3)c2C)ccn1. The Bertz CT molecular complexity index is 1250. The number of aliphatic hydroxyl groups excluding tert-OH is 1. The van der Waals surface area contributed by atoms with Crippen LogP contribution in [0.2, 0.25) is 5.02 Å². The van der Waals surface area contributed by atoms with E-state index in [1.807, 2.05) is 67.6 Å². The minimum Gasteiger partial charge on any atom is -0.481 e. The highest BCUT2D eigenvalue weighted by molar-refractivity contribution is 6.30. The summed E-state index contributed by atoms with van der Waals surface area (Å²) in [5, 5.41) is 14.4. The van der Waals surface area contributed by atoms with Crippen LogP contribution in [0.4, 0.5) is 5.69 Å². The molecule has 33 heavy (non-hydrogen) atoms. The molecule has 6 nitrogen and oxygen atoms in total. The number of nitrogens with one attached hydrogen (secondary N) is 1. The number of carbonyl (C=O) groups is 1. The topological polar surface area (TPSA) is 76.4 Å². The van der Waals surface area contributed by atoms with Crippen molar-refractivity contribution in [2.75, 3.05) is 12.4 Å². The second-order valence-electron chi connectivity index (χ2n) is 7.63. The molecule has 1 unspecified atom stereocenters. The minimum absolute atomic E-state index is 0.374. The summed E-state index contributed by atoms with van der Waals surface area (Å²) in [5.41, 5.74) is 4.81. The molecule has 1 amide bonds. The maximum absolute atomic E-state index is 12.9. The van der Waals surface area contributed by atoms with E-state index in [-0.39, 0.29) is 0 Å². The number of anilines is 1. The fraction of sp³-hybridized carbons (Fsp3) is 0.154. The van der Waals surface area contributed by atoms with Gasteiger partial charge in [-0.1, -0.05) is 54.1 Å². The number of rotatable bonds is 7. The van der Waals surface area contributed by atoms with Gasteiger partial charge in [-0.15, -0.1) is 0 Å². The lowest BCUT2D eigenvalue weighted by molar-refractivity contribution is -0.124. The lowest BCUT2D eigenvalue weighted by Crippen LogP contribution is -2.21. The zero-order valence-electron chi connectivity index (χ0n) is 18.3. The normalized spacial score (nSPS) is 11.8. The van der Waals surface area contributed by atoms with Gasteiger partial charge in [-0.05, 0) is 42.3 Å². The van der Waals surface area contributed by atoms with Crippen LogP contribution in [-0.4, -0.2) is 27.7 Å². The lowest BCUT2D eigenvalue weighted by Gasteiger charge is -2.14. The molecule has 2 heterocycles. The van der Waals surface area contributed by atoms with E-state index in [1.165, 1.54) is 13.3 Å². The standard InChI is InChI=1S/C26H24ClN3O3/c1-17-22(25(31)26(32)29-21-12-13-28-24(14-21)33-2)15-23(19-6-4-3-5-7-19)30(17)16-18-8-10-20(27)11-9-18/h3-15,25,31H,16H2,1-2H3,(H,28,29,32). The molecule has 2 N–H and O–H groups in total. The summed E-state index contributed by atoms with van der Waals surface area (Å²) in [4.78, 5) is 16.9. The van der Waals surface area contributed by atoms with Crippen LogP contribution in [0, 0.1) is 6.92 Å². The summed E-state index contributed by atoms with van der Waals surface area (Å²) < 4.78 is 7.19. The van der Waals surface area contributed by atoms with Gasteiger partial charge in [0.15, 0.2) is 6.10 Å². The summed E-state index contributed by atoms with van der Waals surface area (Å²) >= 11 is 6.04. The number of benzene rings is 2. The fourth-order valence-electron chi connectivity index (χ4n) is 3.72. The highest BCUT2D eigenvalue weighted by Crippen LogP contribution is 2.31. The van der Waals surface area contributed by atoms with E-state index >= 15 is 0 Å². The molecular weight excluding hydrogens is 438 g/mol. The van der Waals surface area contributed by atoms with Gasteiger partial charge in [-0.2, -0.15) is 0 Å². The molecule has 2 aromatic carbocycles. The van der Waals surface area contributed by atoms with Crippen molar-refractivity contribution in [1.82, 2.24) is 9.55 Å². The third-order valence-corrected chi connectivity index (χ3v) is 5.74. The average Bonchev–Trinajstić information content (AvgIpc) is 3.16. The summed E-state index contributed by atoms with van der Waals surface area (Å²) in [6, 6.07) is 22.6. The molecule has 2 aromatic heterocycles. The number of aromatic nitrogens is 2. The Kier molecular flexibility index (Phi) is 6.77. The van der Waals surface area contributed by atoms with Crippen LogP contribution >= 0.6 is 11.6 Å². The largest absolute Gasteiger partial charge is 0.481 e. The van der Waals surface area contributed by atoms with Crippen LogP contribution in [0.25, 0.3) is 11.3 Å². The van der Waals surface area contributed by atoms with Crippen LogP contribution in [0.15, 0.2) is 79.0 Å². The van der Waals surface area contributed by atoms with Gasteiger partial charge in [-0.3, -0.25) is 4.79 Å². The predicted molar refractivity (Wildman–Crippen MR) is 130 cm³/mol. The van der Waals surface area contributed by atoms with Crippen LogP contribution < -0.4 is 10.1 Å². The van der Waals surface area contributed by atoms with Crippen molar-refractivity contribution >= 4 is 23.2 Å². The van der Waals surface area contributed by atoms with Crippen LogP contribution in [0.1, 0.15) is 22.9 Å². The molecule has 0 aliphatic carbocycles. The number of methoxy groups -OCH3 is 1. The van der Waals surface area contributed by atoms with Gasteiger partial charge in [-0.25, -0.2) is 4.98 Å². The lowest BCUT2D eigenvalue weighted by atomic mass is 10.1. The first-order chi connectivity index (χ1) is 16.0. The van der Waals surface area contributed by atoms with Crippen LogP contribution in [-0.2, 0) is 11.3 Å². The van der Waals surface area contributed by atoms with Gasteiger partial charge in [0.05, 0.1) is 7.11 Å². The molecule has 4 aromatic rings. The van der Waals surface area contributed by atoms with Gasteiger partial charge in [0.2, 0.25) is 5.88 Å². The fourth-order valence-corrected chi connectivity index (χ4v) is 3.84. The second kappa shape index (κ2) is 9.90. The van der Waals surface area contributed by atoms with Gasteiger partial charge < -0.3 is 19.7 Å². The molecule has 0 bridgehead atoms. The van der Waals surface area contributed by atoms with E-state index in [0.29, 0.717) is 28.7 Å². The maximum atomic E-state index is 12.9. The van der Waals surface area contributed by atoms with Gasteiger partial charge in [0.25, 0.3) is 5.91 Å². The van der Waals surface area contributed by atoms with E-state index in [0.717, 1.165) is 22.5 Å². The first-order valence-electron chi connectivity index (χ1n) is 10.4. The Hall–Kier alpha value is -3.61. The molecule has 0 spiro atoms. The molecule has 4 rings (SSSR count). The molecule has 7 heteroatoms. The first kappa shape index (κ1) is 22.6. The Balaban J connectivity index is 1.68. The summed E-state index contributed by atoms with van der Waals surface area (Å²) in [6.45, 7) is 2.48. The number of hydrogen-bond donors (Lipinski definition) is 2. The van der Waals surface area contributed by atoms with Crippen molar-refractivity contribution in [3.8, 4) is 17.1 Å². The van der Waals surface area contributed by atoms with Crippen molar-refractivity contribution in [3.05, 3.63) is 101 Å². The van der Waals surface area contributed by atoms with E-state index in [4.69, 9.17) is 16.3 Å². The van der Waals surface area contributed by atoms with Crippen molar-refractivity contribution in [2.24, 2.45) is 0 Å². The average molecular weight is 462 g/mol. The number of carbonyl (C=O) groups excluding carboxylic acids is 1. The summed E-state index contributed by atoms with van der Waals surface area (Å²) in [6.07, 6.45) is 0.181. The number of ether oxygens (including phenoxy) is 1. The molecular formula is C26H24ClN3O3. The highest BCUT2D eigenvalue weighted by Gasteiger charge is 2.24. The van der Waals surface area contributed by atoms with Gasteiger partial charge in [0.1, 0.15) is 0 Å². The number of hydrogen-bond acceptors (Lipinski definition) is 4. The van der Waals surface area contributed by atoms with Crippen molar-refractivity contribution in [2.45, 2.75) is 19.6 Å². The van der Waals surface area contributed by atoms with E-state index in [1.54, 1.807) is 12.1 Å². The summed E-state index contributed by atoms with van der Waals surface area (Å²) in [5.74, 6) is -0.159. The zero-order chi connectivity index (χ0) is 23.4. The van der Waals surface area contributed by atoms with Gasteiger partial charge in [0, 0.05) is 46.5 Å². The maximum Gasteiger partial charge on any atom is 0.257 e. The number of pyridine rings is 1. The summed E-state index contributed by atoms with van der Waals surface area (Å²) in [7, 11) is 1.50. The molecule has 0 saturated heterocycles. The van der Waals surface area contributed by atoms with Crippen molar-refractivity contribution in [1.29, 1.82) is 0 Å². The van der Waals surface area contributed by atoms with Crippen LogP contribution in [0.3, 0.4) is 0 Å². The Morgan fingerprint density at radius 1 is 1.12 bits per heavy atom. The van der Waals surface area contributed by atoms with E-state index < -0.39 is 12.0 Å². The molecule has 1 atom stereocenters. The second-order valence-corrected chi connectivity index (χ2v) is 8.06. The Morgan fingerprint density at radius 3 is 2.55 bits per heavy atom. The van der Waals surface area contributed by atoms with E-state index in [9.17, 15) is 9.90 Å². The van der Waals surface area contributed by atoms with E-state index in [2.05, 4.69) is 14.9 Å². The molecule has 0 saturated carbocycles. The quantitative estimate of drug-likeness (QED) is 0.394. The molecule has 0 aliphatic rings. The molecule has 0 fully saturated rings. The van der Waals surface area contributed by atoms with Crippen LogP contribution in [0.5, 0.6) is 5.88 Å². The number of aliphatic hydroxyl groups is 1. The third-order valence-electron chi connectivity index (χ3n) is 5.48. The highest BCUT2D eigenvalue weighted by atomic mass is 35.5. The third kappa shape index (κ3) is 5.08.